The van der Waals surface area contributed by atoms with Gasteiger partial charge in [0.1, 0.15) is 12.4 Å². The molecule has 0 aliphatic carbocycles. The maximum absolute atomic E-state index is 12.9. The monoisotopic (exact) mass is 405 g/mol. The number of benzene rings is 2. The van der Waals surface area contributed by atoms with E-state index in [0.717, 1.165) is 23.4 Å². The van der Waals surface area contributed by atoms with Crippen LogP contribution < -0.4 is 15.0 Å². The molecule has 29 heavy (non-hydrogen) atoms. The Kier molecular flexibility index (Phi) is 5.25. The minimum Gasteiger partial charge on any atom is -0.491 e. The van der Waals surface area contributed by atoms with Crippen molar-refractivity contribution in [1.82, 2.24) is 10.2 Å². The Bertz CT molecular complexity index is 879. The number of piperazine rings is 1. The lowest BCUT2D eigenvalue weighted by Gasteiger charge is -2.37. The summed E-state index contributed by atoms with van der Waals surface area (Å²) in [5.41, 5.74) is 0.934. The Hall–Kier alpha value is -2.90. The third kappa shape index (κ3) is 4.41. The van der Waals surface area contributed by atoms with E-state index in [9.17, 15) is 18.0 Å². The maximum atomic E-state index is 12.9. The largest absolute Gasteiger partial charge is 0.491 e. The normalized spacial score (nSPS) is 19.3. The van der Waals surface area contributed by atoms with E-state index < -0.39 is 11.7 Å². The van der Waals surface area contributed by atoms with Crippen LogP contribution in [0.3, 0.4) is 0 Å². The summed E-state index contributed by atoms with van der Waals surface area (Å²) in [7, 11) is 0. The number of hydrogen-bond acceptors (Lipinski definition) is 3. The van der Waals surface area contributed by atoms with Crippen molar-refractivity contribution in [3.05, 3.63) is 59.7 Å². The second-order valence-electron chi connectivity index (χ2n) is 7.29. The van der Waals surface area contributed by atoms with Crippen molar-refractivity contribution in [2.45, 2.75) is 18.6 Å². The molecule has 1 N–H and O–H groups in total. The Morgan fingerprint density at radius 3 is 2.55 bits per heavy atom. The summed E-state index contributed by atoms with van der Waals surface area (Å²) in [5, 5.41) is 3.01. The number of carbonyl (C=O) groups is 1. The van der Waals surface area contributed by atoms with Gasteiger partial charge in [0.15, 0.2) is 0 Å². The van der Waals surface area contributed by atoms with E-state index in [0.29, 0.717) is 44.9 Å². The maximum Gasteiger partial charge on any atom is 0.416 e. The number of nitrogens with one attached hydrogen (secondary N) is 1. The first-order valence-corrected chi connectivity index (χ1v) is 9.58. The number of nitrogens with zero attached hydrogens (tertiary/aromatic N) is 2. The zero-order chi connectivity index (χ0) is 20.4. The van der Waals surface area contributed by atoms with Crippen LogP contribution in [0.2, 0.25) is 0 Å². The van der Waals surface area contributed by atoms with E-state index in [1.165, 1.54) is 6.07 Å². The predicted molar refractivity (Wildman–Crippen MR) is 103 cm³/mol. The van der Waals surface area contributed by atoms with Gasteiger partial charge in [0.05, 0.1) is 11.6 Å². The molecule has 4 rings (SSSR count). The first-order chi connectivity index (χ1) is 13.9. The molecule has 2 heterocycles. The topological polar surface area (TPSA) is 44.8 Å². The molecule has 0 radical (unpaired) electrons. The minimum absolute atomic E-state index is 0.0982. The first kappa shape index (κ1) is 19.4. The summed E-state index contributed by atoms with van der Waals surface area (Å²) in [6.07, 6.45) is -3.65. The molecule has 2 aliphatic heterocycles. The number of carbonyl (C=O) groups excluding carboxylic acids is 1. The van der Waals surface area contributed by atoms with Crippen molar-refractivity contribution >= 4 is 11.7 Å². The molecule has 1 atom stereocenters. The molecule has 1 fully saturated rings. The van der Waals surface area contributed by atoms with Crippen LogP contribution in [0, 0.1) is 0 Å². The van der Waals surface area contributed by atoms with Gasteiger partial charge in [-0.05, 0) is 36.2 Å². The van der Waals surface area contributed by atoms with Gasteiger partial charge in [0, 0.05) is 31.9 Å². The van der Waals surface area contributed by atoms with Gasteiger partial charge >= 0.3 is 12.2 Å². The SMILES string of the molecule is O=C(N[C@@H]1COc2ccccc2C1)N1CCN(c2cccc(C(F)(F)F)c2)CC1. The van der Waals surface area contributed by atoms with Crippen LogP contribution in [-0.2, 0) is 12.6 Å². The Labute approximate surface area is 167 Å². The third-order valence-corrected chi connectivity index (χ3v) is 5.31. The van der Waals surface area contributed by atoms with Crippen LogP contribution in [0.4, 0.5) is 23.7 Å². The molecule has 0 saturated carbocycles. The van der Waals surface area contributed by atoms with Crippen molar-refractivity contribution in [2.24, 2.45) is 0 Å². The van der Waals surface area contributed by atoms with Crippen molar-refractivity contribution in [3.8, 4) is 5.75 Å². The number of amides is 2. The van der Waals surface area contributed by atoms with Crippen LogP contribution in [0.5, 0.6) is 5.75 Å². The smallest absolute Gasteiger partial charge is 0.416 e. The number of urea groups is 1. The highest BCUT2D eigenvalue weighted by Gasteiger charge is 2.31. The number of anilines is 1. The van der Waals surface area contributed by atoms with Crippen LogP contribution in [-0.4, -0.2) is 49.8 Å². The lowest BCUT2D eigenvalue weighted by Crippen LogP contribution is -2.55. The molecule has 2 aromatic carbocycles. The fourth-order valence-corrected chi connectivity index (χ4v) is 3.73. The average molecular weight is 405 g/mol. The van der Waals surface area contributed by atoms with Gasteiger partial charge in [0.2, 0.25) is 0 Å². The highest BCUT2D eigenvalue weighted by Crippen LogP contribution is 2.32. The molecule has 2 aliphatic rings. The van der Waals surface area contributed by atoms with Crippen LogP contribution >= 0.6 is 0 Å². The summed E-state index contributed by atoms with van der Waals surface area (Å²) < 4.78 is 44.5. The zero-order valence-corrected chi connectivity index (χ0v) is 15.8. The number of fused-ring (bicyclic) bond motifs is 1. The summed E-state index contributed by atoms with van der Waals surface area (Å²) >= 11 is 0. The van der Waals surface area contributed by atoms with Gasteiger partial charge < -0.3 is 19.9 Å². The molecular weight excluding hydrogens is 383 g/mol. The fraction of sp³-hybridized carbons (Fsp3) is 0.381. The summed E-state index contributed by atoms with van der Waals surface area (Å²) in [4.78, 5) is 16.2. The number of alkyl halides is 3. The number of para-hydroxylation sites is 1. The van der Waals surface area contributed by atoms with E-state index >= 15 is 0 Å². The van der Waals surface area contributed by atoms with Crippen molar-refractivity contribution in [2.75, 3.05) is 37.7 Å². The van der Waals surface area contributed by atoms with Gasteiger partial charge in [-0.15, -0.1) is 0 Å². The van der Waals surface area contributed by atoms with Crippen molar-refractivity contribution < 1.29 is 22.7 Å². The van der Waals surface area contributed by atoms with E-state index in [-0.39, 0.29) is 12.1 Å². The van der Waals surface area contributed by atoms with Crippen molar-refractivity contribution in [3.63, 3.8) is 0 Å². The Morgan fingerprint density at radius 1 is 1.03 bits per heavy atom. The first-order valence-electron chi connectivity index (χ1n) is 9.58. The van der Waals surface area contributed by atoms with E-state index in [1.807, 2.05) is 29.2 Å². The molecule has 0 spiro atoms. The molecule has 2 aromatic rings. The zero-order valence-electron chi connectivity index (χ0n) is 15.8. The average Bonchev–Trinajstić information content (AvgIpc) is 2.73. The molecule has 5 nitrogen and oxygen atoms in total. The molecule has 0 aromatic heterocycles. The van der Waals surface area contributed by atoms with Gasteiger partial charge in [-0.3, -0.25) is 0 Å². The number of rotatable bonds is 2. The Morgan fingerprint density at radius 2 is 1.79 bits per heavy atom. The van der Waals surface area contributed by atoms with E-state index in [4.69, 9.17) is 4.74 Å². The number of hydrogen-bond donors (Lipinski definition) is 1. The Balaban J connectivity index is 1.31. The summed E-state index contributed by atoms with van der Waals surface area (Å²) in [6, 6.07) is 12.8. The molecule has 0 bridgehead atoms. The fourth-order valence-electron chi connectivity index (χ4n) is 3.73. The number of ether oxygens (including phenoxy) is 1. The summed E-state index contributed by atoms with van der Waals surface area (Å²) in [6.45, 7) is 2.29. The van der Waals surface area contributed by atoms with Crippen LogP contribution in [0.15, 0.2) is 48.5 Å². The predicted octanol–water partition coefficient (Wildman–Crippen LogP) is 3.54. The second kappa shape index (κ2) is 7.85. The van der Waals surface area contributed by atoms with E-state index in [2.05, 4.69) is 5.32 Å². The lowest BCUT2D eigenvalue weighted by molar-refractivity contribution is -0.137. The molecular formula is C21H22F3N3O2. The summed E-state index contributed by atoms with van der Waals surface area (Å²) in [5.74, 6) is 0.854. The van der Waals surface area contributed by atoms with Gasteiger partial charge in [-0.2, -0.15) is 13.2 Å². The van der Waals surface area contributed by atoms with Gasteiger partial charge in [-0.25, -0.2) is 4.79 Å². The molecule has 0 unspecified atom stereocenters. The van der Waals surface area contributed by atoms with Crippen LogP contribution in [0.1, 0.15) is 11.1 Å². The highest BCUT2D eigenvalue weighted by atomic mass is 19.4. The minimum atomic E-state index is -4.36. The van der Waals surface area contributed by atoms with E-state index in [1.54, 1.807) is 11.0 Å². The molecule has 2 amide bonds. The van der Waals surface area contributed by atoms with Crippen molar-refractivity contribution in [1.29, 1.82) is 0 Å². The quantitative estimate of drug-likeness (QED) is 0.831. The van der Waals surface area contributed by atoms with Gasteiger partial charge in [0.25, 0.3) is 0 Å². The highest BCUT2D eigenvalue weighted by molar-refractivity contribution is 5.75. The van der Waals surface area contributed by atoms with Gasteiger partial charge in [-0.1, -0.05) is 24.3 Å². The third-order valence-electron chi connectivity index (χ3n) is 5.31. The second-order valence-corrected chi connectivity index (χ2v) is 7.29. The standard InChI is InChI=1S/C21H22F3N3O2/c22-21(23,24)16-5-3-6-18(13-16)26-8-10-27(11-9-26)20(28)25-17-12-15-4-1-2-7-19(15)29-14-17/h1-7,13,17H,8-12,14H2,(H,25,28)/t17-/m0/s1. The molecule has 154 valence electrons. The molecule has 1 saturated heterocycles. The van der Waals surface area contributed by atoms with Crippen LogP contribution in [0.25, 0.3) is 0 Å². The lowest BCUT2D eigenvalue weighted by atomic mass is 10.0. The molecule has 8 heteroatoms. The number of halogens is 3.